The molecule has 2 aromatic carbocycles. The molecule has 2 unspecified atom stereocenters. The first-order valence-electron chi connectivity index (χ1n) is 18.2. The van der Waals surface area contributed by atoms with Crippen LogP contribution in [0.15, 0.2) is 94.9 Å². The predicted octanol–water partition coefficient (Wildman–Crippen LogP) is 13.0. The molecule has 1 aliphatic heterocycles. The molecule has 1 aliphatic carbocycles. The quantitative estimate of drug-likeness (QED) is 0.103. The topological polar surface area (TPSA) is 63.3 Å². The van der Waals surface area contributed by atoms with Crippen molar-refractivity contribution in [2.24, 2.45) is 16.7 Å². The van der Waals surface area contributed by atoms with Crippen LogP contribution in [0.2, 0.25) is 0 Å². The minimum atomic E-state index is -0.337. The van der Waals surface area contributed by atoms with E-state index in [-0.39, 0.29) is 47.9 Å². The van der Waals surface area contributed by atoms with Gasteiger partial charge in [0.1, 0.15) is 5.76 Å². The van der Waals surface area contributed by atoms with Crippen molar-refractivity contribution in [1.82, 2.24) is 4.98 Å². The van der Waals surface area contributed by atoms with Gasteiger partial charge in [-0.3, -0.25) is 9.78 Å². The molecular formula is C45H54IrNO3S-. The molecule has 0 amide bonds. The Labute approximate surface area is 323 Å². The summed E-state index contributed by atoms with van der Waals surface area (Å²) in [5.41, 5.74) is 5.95. The molecule has 0 spiro atoms. The fraction of sp³-hybridized carbons (Fsp3) is 0.422. The van der Waals surface area contributed by atoms with E-state index in [9.17, 15) is 9.90 Å². The molecule has 3 heterocycles. The zero-order chi connectivity index (χ0) is 36.4. The Morgan fingerprint density at radius 2 is 1.57 bits per heavy atom. The fourth-order valence-electron chi connectivity index (χ4n) is 6.69. The zero-order valence-electron chi connectivity index (χ0n) is 31.9. The Morgan fingerprint density at radius 1 is 0.922 bits per heavy atom. The number of thioether (sulfide) groups is 1. The van der Waals surface area contributed by atoms with Crippen LogP contribution in [-0.2, 0) is 30.3 Å². The van der Waals surface area contributed by atoms with E-state index in [1.54, 1.807) is 6.26 Å². The maximum absolute atomic E-state index is 12.2. The molecule has 6 heteroatoms. The van der Waals surface area contributed by atoms with Crippen molar-refractivity contribution in [3.8, 4) is 11.3 Å². The smallest absolute Gasteiger partial charge is 0.219 e. The Kier molecular flexibility index (Phi) is 12.9. The minimum absolute atomic E-state index is 0. The summed E-state index contributed by atoms with van der Waals surface area (Å²) in [6.45, 7) is 21.1. The summed E-state index contributed by atoms with van der Waals surface area (Å²) in [7, 11) is 0. The van der Waals surface area contributed by atoms with Gasteiger partial charge in [-0.2, -0.15) is 0 Å². The largest absolute Gasteiger partial charge is 0.512 e. The number of carbonyl (C=O) groups is 1. The van der Waals surface area contributed by atoms with Crippen LogP contribution >= 0.6 is 11.8 Å². The SMILES string of the molecule is CC1=C(c2cc(-c3[c-]c4ccccc4c(C(C)(C)C)c3)nc3occc23)SC2C=CC=CC12.CCC(C)(CC)C(=O)/C=C(\O)C(C)(CC)CC.[Ir]. The Bertz CT molecular complexity index is 2000. The molecule has 273 valence electrons. The predicted molar refractivity (Wildman–Crippen MR) is 213 cm³/mol. The molecule has 0 fully saturated rings. The number of aliphatic hydroxyl groups excluding tert-OH is 1. The van der Waals surface area contributed by atoms with E-state index in [4.69, 9.17) is 9.40 Å². The number of nitrogens with zero attached hydrogens (tertiary/aromatic N) is 1. The van der Waals surface area contributed by atoms with E-state index in [2.05, 4.69) is 94.5 Å². The van der Waals surface area contributed by atoms with Gasteiger partial charge in [0.2, 0.25) is 5.71 Å². The monoisotopic (exact) mass is 881 g/mol. The first-order valence-corrected chi connectivity index (χ1v) is 19.1. The maximum atomic E-state index is 12.2. The standard InChI is InChI=1S/C30H26NOS.C15H28O2.Ir/c1-18-21-10-7-8-12-27(21)33-28(18)24-17-26(31-29-23(24)13-14-32-29)20-15-19-9-5-6-11-22(19)25(16-20)30(2,3)4;1-7-14(5,8-2)12(16)11-13(17)15(6,9-3)10-4;/h5-14,16-17,21,27H,1-4H3;11,16H,7-10H2,1-6H3;/q-1;;/b;12-11-;. The fourth-order valence-corrected chi connectivity index (χ4v) is 8.19. The zero-order valence-corrected chi connectivity index (χ0v) is 35.2. The molecule has 2 aromatic heterocycles. The van der Waals surface area contributed by atoms with E-state index in [1.165, 1.54) is 33.1 Å². The van der Waals surface area contributed by atoms with Gasteiger partial charge in [0.15, 0.2) is 5.78 Å². The molecule has 6 rings (SSSR count). The Balaban J connectivity index is 0.000000279. The van der Waals surface area contributed by atoms with Crippen LogP contribution in [0, 0.1) is 22.8 Å². The number of aromatic nitrogens is 1. The third kappa shape index (κ3) is 8.24. The first kappa shape index (κ1) is 40.6. The Morgan fingerprint density at radius 3 is 2.20 bits per heavy atom. The molecule has 4 aromatic rings. The molecule has 0 bridgehead atoms. The summed E-state index contributed by atoms with van der Waals surface area (Å²) in [4.78, 5) is 18.4. The van der Waals surface area contributed by atoms with E-state index < -0.39 is 0 Å². The van der Waals surface area contributed by atoms with Gasteiger partial charge in [-0.05, 0) is 49.7 Å². The van der Waals surface area contributed by atoms with E-state index in [1.807, 2.05) is 59.4 Å². The number of furan rings is 1. The Hall–Kier alpha value is -3.18. The van der Waals surface area contributed by atoms with Crippen molar-refractivity contribution in [3.63, 3.8) is 0 Å². The number of hydrogen-bond donors (Lipinski definition) is 1. The van der Waals surface area contributed by atoms with Gasteiger partial charge in [-0.1, -0.05) is 127 Å². The molecule has 2 aliphatic rings. The van der Waals surface area contributed by atoms with Crippen LogP contribution in [0.5, 0.6) is 0 Å². The van der Waals surface area contributed by atoms with Gasteiger partial charge in [0.25, 0.3) is 0 Å². The third-order valence-corrected chi connectivity index (χ3v) is 12.8. The number of benzene rings is 2. The van der Waals surface area contributed by atoms with Crippen LogP contribution in [-0.4, -0.2) is 21.1 Å². The van der Waals surface area contributed by atoms with Crippen molar-refractivity contribution in [3.05, 3.63) is 108 Å². The number of allylic oxidation sites excluding steroid dienone is 6. The second-order valence-electron chi connectivity index (χ2n) is 15.4. The first-order chi connectivity index (χ1) is 23.7. The molecule has 51 heavy (non-hydrogen) atoms. The number of carbonyl (C=O) groups excluding carboxylic acids is 1. The van der Waals surface area contributed by atoms with Crippen molar-refractivity contribution < 1.29 is 34.4 Å². The van der Waals surface area contributed by atoms with Gasteiger partial charge in [-0.15, -0.1) is 40.9 Å². The normalized spacial score (nSPS) is 17.7. The summed E-state index contributed by atoms with van der Waals surface area (Å²) in [6, 6.07) is 18.7. The van der Waals surface area contributed by atoms with Crippen molar-refractivity contribution >= 4 is 44.3 Å². The summed E-state index contributed by atoms with van der Waals surface area (Å²) < 4.78 is 5.83. The van der Waals surface area contributed by atoms with Crippen LogP contribution in [0.3, 0.4) is 0 Å². The number of rotatable bonds is 9. The van der Waals surface area contributed by atoms with Gasteiger partial charge in [0, 0.05) is 64.2 Å². The van der Waals surface area contributed by atoms with Crippen LogP contribution < -0.4 is 0 Å². The van der Waals surface area contributed by atoms with E-state index in [0.717, 1.165) is 47.7 Å². The van der Waals surface area contributed by atoms with Crippen LogP contribution in [0.25, 0.3) is 38.0 Å². The summed E-state index contributed by atoms with van der Waals surface area (Å²) in [6.07, 6.45) is 15.5. The maximum Gasteiger partial charge on any atom is 0.219 e. The number of pyridine rings is 1. The average Bonchev–Trinajstić information content (AvgIpc) is 3.74. The van der Waals surface area contributed by atoms with Gasteiger partial charge in [0.05, 0.1) is 6.26 Å². The van der Waals surface area contributed by atoms with Crippen molar-refractivity contribution in [2.45, 2.75) is 106 Å². The summed E-state index contributed by atoms with van der Waals surface area (Å²) >= 11 is 1.95. The van der Waals surface area contributed by atoms with Gasteiger partial charge in [-0.25, -0.2) is 0 Å². The molecule has 1 N–H and O–H groups in total. The van der Waals surface area contributed by atoms with Crippen molar-refractivity contribution in [1.29, 1.82) is 0 Å². The second-order valence-corrected chi connectivity index (χ2v) is 16.6. The average molecular weight is 881 g/mol. The molecule has 0 saturated heterocycles. The number of fused-ring (bicyclic) bond motifs is 3. The molecule has 1 radical (unpaired) electrons. The minimum Gasteiger partial charge on any atom is -0.512 e. The summed E-state index contributed by atoms with van der Waals surface area (Å²) in [5.74, 6) is 0.738. The second kappa shape index (κ2) is 16.2. The third-order valence-electron chi connectivity index (χ3n) is 11.3. The number of ketones is 1. The number of aliphatic hydroxyl groups is 1. The van der Waals surface area contributed by atoms with Crippen LogP contribution in [0.4, 0.5) is 0 Å². The van der Waals surface area contributed by atoms with Crippen molar-refractivity contribution in [2.75, 3.05) is 0 Å². The molecule has 0 saturated carbocycles. The molecule has 2 atom stereocenters. The van der Waals surface area contributed by atoms with E-state index >= 15 is 0 Å². The molecular weight excluding hydrogens is 827 g/mol. The number of hydrogen-bond acceptors (Lipinski definition) is 5. The summed E-state index contributed by atoms with van der Waals surface area (Å²) in [5, 5.41) is 14.0. The van der Waals surface area contributed by atoms with Gasteiger partial charge < -0.3 is 9.52 Å². The van der Waals surface area contributed by atoms with Crippen LogP contribution in [0.1, 0.15) is 106 Å². The molecule has 4 nitrogen and oxygen atoms in total. The van der Waals surface area contributed by atoms with E-state index in [0.29, 0.717) is 16.9 Å². The van der Waals surface area contributed by atoms with Gasteiger partial charge >= 0.3 is 0 Å².